The van der Waals surface area contributed by atoms with Crippen molar-refractivity contribution in [2.45, 2.75) is 64.9 Å². The zero-order valence-corrected chi connectivity index (χ0v) is 12.9. The van der Waals surface area contributed by atoms with Gasteiger partial charge in [0.1, 0.15) is 0 Å². The first-order chi connectivity index (χ1) is 9.53. The summed E-state index contributed by atoms with van der Waals surface area (Å²) in [5.41, 5.74) is 2.47. The Hall–Kier alpha value is -0.560. The maximum absolute atomic E-state index is 10.00. The van der Waals surface area contributed by atoms with Crippen LogP contribution in [-0.2, 0) is 0 Å². The van der Waals surface area contributed by atoms with Crippen molar-refractivity contribution in [3.8, 4) is 0 Å². The van der Waals surface area contributed by atoms with Gasteiger partial charge in [-0.1, -0.05) is 37.6 Å². The van der Waals surface area contributed by atoms with Crippen molar-refractivity contribution in [3.63, 3.8) is 0 Å². The Bertz CT molecular complexity index is 476. The lowest BCUT2D eigenvalue weighted by molar-refractivity contribution is -0.0263. The average Bonchev–Trinajstić information content (AvgIpc) is 2.81. The van der Waals surface area contributed by atoms with E-state index in [9.17, 15) is 5.11 Å². The Morgan fingerprint density at radius 1 is 1.10 bits per heavy atom. The molecule has 1 N–H and O–H groups in total. The van der Waals surface area contributed by atoms with Gasteiger partial charge in [0.05, 0.1) is 6.10 Å². The van der Waals surface area contributed by atoms with Gasteiger partial charge in [0, 0.05) is 0 Å². The third kappa shape index (κ3) is 1.65. The van der Waals surface area contributed by atoms with Gasteiger partial charge in [-0.3, -0.25) is 0 Å². The van der Waals surface area contributed by atoms with Gasteiger partial charge in [-0.25, -0.2) is 0 Å². The SMILES string of the molecule is C[C@@]12C=CCC1C1CC=C3C[C@@H](O)CC[C@]3(C)C1CC2. The lowest BCUT2D eigenvalue weighted by Crippen LogP contribution is -2.49. The van der Waals surface area contributed by atoms with E-state index in [4.69, 9.17) is 0 Å². The van der Waals surface area contributed by atoms with E-state index in [-0.39, 0.29) is 6.10 Å². The fraction of sp³-hybridized carbons (Fsp3) is 0.789. The van der Waals surface area contributed by atoms with E-state index in [1.807, 2.05) is 0 Å². The summed E-state index contributed by atoms with van der Waals surface area (Å²) in [6, 6.07) is 0. The van der Waals surface area contributed by atoms with Gasteiger partial charge in [0.2, 0.25) is 0 Å². The van der Waals surface area contributed by atoms with Crippen LogP contribution in [0.5, 0.6) is 0 Å². The van der Waals surface area contributed by atoms with Crippen LogP contribution in [0.2, 0.25) is 0 Å². The summed E-state index contributed by atoms with van der Waals surface area (Å²) >= 11 is 0. The zero-order valence-electron chi connectivity index (χ0n) is 12.9. The molecule has 0 spiro atoms. The monoisotopic (exact) mass is 272 g/mol. The molecule has 4 aliphatic carbocycles. The molecule has 3 unspecified atom stereocenters. The number of rotatable bonds is 0. The number of hydrogen-bond acceptors (Lipinski definition) is 1. The third-order valence-corrected chi connectivity index (χ3v) is 7.40. The molecule has 0 aromatic heterocycles. The van der Waals surface area contributed by atoms with E-state index < -0.39 is 0 Å². The van der Waals surface area contributed by atoms with Gasteiger partial charge in [-0.15, -0.1) is 0 Å². The molecule has 4 rings (SSSR count). The Balaban J connectivity index is 1.68. The van der Waals surface area contributed by atoms with Crippen LogP contribution < -0.4 is 0 Å². The summed E-state index contributed by atoms with van der Waals surface area (Å²) in [5, 5.41) is 10.00. The predicted octanol–water partition coefficient (Wildman–Crippen LogP) is 4.48. The first-order valence-electron chi connectivity index (χ1n) is 8.58. The van der Waals surface area contributed by atoms with Crippen molar-refractivity contribution in [2.24, 2.45) is 28.6 Å². The minimum Gasteiger partial charge on any atom is -0.393 e. The van der Waals surface area contributed by atoms with Crippen LogP contribution >= 0.6 is 0 Å². The molecule has 0 heterocycles. The quantitative estimate of drug-likeness (QED) is 0.645. The lowest BCUT2D eigenvalue weighted by atomic mass is 9.48. The Kier molecular flexibility index (Phi) is 2.77. The first kappa shape index (κ1) is 13.1. The van der Waals surface area contributed by atoms with Crippen LogP contribution in [-0.4, -0.2) is 11.2 Å². The minimum atomic E-state index is -0.0760. The number of fused-ring (bicyclic) bond motifs is 5. The number of allylic oxidation sites excluding steroid dienone is 3. The highest BCUT2D eigenvalue weighted by atomic mass is 16.3. The molecule has 0 aromatic rings. The van der Waals surface area contributed by atoms with Crippen molar-refractivity contribution in [2.75, 3.05) is 0 Å². The van der Waals surface area contributed by atoms with Crippen LogP contribution in [0, 0.1) is 28.6 Å². The molecule has 0 saturated heterocycles. The van der Waals surface area contributed by atoms with Gasteiger partial charge in [0.15, 0.2) is 0 Å². The molecule has 0 aromatic carbocycles. The molecule has 0 bridgehead atoms. The summed E-state index contributed by atoms with van der Waals surface area (Å²) in [4.78, 5) is 0. The van der Waals surface area contributed by atoms with Crippen LogP contribution in [0.15, 0.2) is 23.8 Å². The largest absolute Gasteiger partial charge is 0.393 e. The summed E-state index contributed by atoms with van der Waals surface area (Å²) in [6.07, 6.45) is 15.9. The zero-order chi connectivity index (χ0) is 14.0. The van der Waals surface area contributed by atoms with E-state index in [2.05, 4.69) is 32.1 Å². The summed E-state index contributed by atoms with van der Waals surface area (Å²) < 4.78 is 0. The van der Waals surface area contributed by atoms with Crippen molar-refractivity contribution in [1.29, 1.82) is 0 Å². The number of aliphatic hydroxyl groups excluding tert-OH is 1. The van der Waals surface area contributed by atoms with Crippen molar-refractivity contribution >= 4 is 0 Å². The molecule has 0 radical (unpaired) electrons. The van der Waals surface area contributed by atoms with Gasteiger partial charge in [0.25, 0.3) is 0 Å². The molecule has 2 saturated carbocycles. The molecule has 20 heavy (non-hydrogen) atoms. The lowest BCUT2D eigenvalue weighted by Gasteiger charge is -2.57. The summed E-state index contributed by atoms with van der Waals surface area (Å²) in [5.74, 6) is 2.63. The highest BCUT2D eigenvalue weighted by Crippen LogP contribution is 2.63. The highest BCUT2D eigenvalue weighted by molar-refractivity contribution is 5.26. The second kappa shape index (κ2) is 4.22. The van der Waals surface area contributed by atoms with Crippen LogP contribution in [0.4, 0.5) is 0 Å². The molecule has 4 aliphatic rings. The Morgan fingerprint density at radius 3 is 2.80 bits per heavy atom. The summed E-state index contributed by atoms with van der Waals surface area (Å²) in [6.45, 7) is 5.00. The van der Waals surface area contributed by atoms with Crippen molar-refractivity contribution in [3.05, 3.63) is 23.8 Å². The normalized spacial score (nSPS) is 53.9. The number of hydrogen-bond donors (Lipinski definition) is 1. The maximum Gasteiger partial charge on any atom is 0.0577 e. The molecular formula is C19H28O. The third-order valence-electron chi connectivity index (χ3n) is 7.40. The van der Waals surface area contributed by atoms with Crippen molar-refractivity contribution in [1.82, 2.24) is 0 Å². The number of aliphatic hydroxyl groups is 1. The summed E-state index contributed by atoms with van der Waals surface area (Å²) in [7, 11) is 0. The van der Waals surface area contributed by atoms with E-state index >= 15 is 0 Å². The average molecular weight is 272 g/mol. The van der Waals surface area contributed by atoms with E-state index in [1.54, 1.807) is 5.57 Å². The van der Waals surface area contributed by atoms with E-state index in [0.717, 1.165) is 30.6 Å². The molecule has 1 heteroatoms. The van der Waals surface area contributed by atoms with E-state index in [1.165, 1.54) is 32.1 Å². The smallest absolute Gasteiger partial charge is 0.0577 e. The van der Waals surface area contributed by atoms with Gasteiger partial charge in [-0.05, 0) is 73.5 Å². The second-order valence-corrected chi connectivity index (χ2v) is 8.34. The Labute approximate surface area is 123 Å². The standard InChI is InChI=1S/C19H28O/c1-18-9-3-4-16(18)15-6-5-13-12-14(20)7-11-19(13,2)17(15)8-10-18/h3,5,9,14-17,20H,4,6-8,10-12H2,1-2H3/t14-,15?,16?,17?,18-,19-/m0/s1. The first-order valence-corrected chi connectivity index (χ1v) is 8.58. The predicted molar refractivity (Wildman–Crippen MR) is 82.2 cm³/mol. The Morgan fingerprint density at radius 2 is 1.95 bits per heavy atom. The fourth-order valence-electron chi connectivity index (χ4n) is 6.12. The van der Waals surface area contributed by atoms with Crippen LogP contribution in [0.3, 0.4) is 0 Å². The molecule has 1 nitrogen and oxygen atoms in total. The molecule has 6 atom stereocenters. The van der Waals surface area contributed by atoms with Gasteiger partial charge in [-0.2, -0.15) is 0 Å². The molecule has 0 amide bonds. The van der Waals surface area contributed by atoms with Crippen molar-refractivity contribution < 1.29 is 5.11 Å². The fourth-order valence-corrected chi connectivity index (χ4v) is 6.12. The van der Waals surface area contributed by atoms with Crippen LogP contribution in [0.25, 0.3) is 0 Å². The second-order valence-electron chi connectivity index (χ2n) is 8.34. The molecule has 0 aliphatic heterocycles. The van der Waals surface area contributed by atoms with Crippen LogP contribution in [0.1, 0.15) is 58.8 Å². The molecular weight excluding hydrogens is 244 g/mol. The topological polar surface area (TPSA) is 20.2 Å². The molecule has 110 valence electrons. The maximum atomic E-state index is 10.00. The van der Waals surface area contributed by atoms with Gasteiger partial charge >= 0.3 is 0 Å². The minimum absolute atomic E-state index is 0.0760. The highest BCUT2D eigenvalue weighted by Gasteiger charge is 2.54. The van der Waals surface area contributed by atoms with Gasteiger partial charge < -0.3 is 5.11 Å². The van der Waals surface area contributed by atoms with E-state index in [0.29, 0.717) is 10.8 Å². The molecule has 2 fully saturated rings.